The van der Waals surface area contributed by atoms with E-state index in [0.717, 1.165) is 37.3 Å². The highest BCUT2D eigenvalue weighted by atomic mass is 16.5. The molecule has 1 fully saturated rings. The number of nitrogens with zero attached hydrogens (tertiary/aromatic N) is 4. The van der Waals surface area contributed by atoms with Gasteiger partial charge in [-0.2, -0.15) is 10.1 Å². The van der Waals surface area contributed by atoms with Gasteiger partial charge in [0.2, 0.25) is 5.89 Å². The van der Waals surface area contributed by atoms with Crippen molar-refractivity contribution in [3.8, 4) is 0 Å². The maximum atomic E-state index is 12.3. The SMILES string of the molecule is CCCn1ncc(C(=O)NCc2nc(C3CCCCC3)no2)c1C. The minimum Gasteiger partial charge on any atom is -0.343 e. The number of carbonyl (C=O) groups is 1. The number of hydrogen-bond donors (Lipinski definition) is 1. The Kier molecular flexibility index (Phi) is 5.27. The van der Waals surface area contributed by atoms with Crippen LogP contribution in [0.4, 0.5) is 0 Å². The molecule has 0 radical (unpaired) electrons. The fourth-order valence-electron chi connectivity index (χ4n) is 3.22. The minimum atomic E-state index is -0.160. The minimum absolute atomic E-state index is 0.160. The van der Waals surface area contributed by atoms with Crippen LogP contribution in [-0.2, 0) is 13.1 Å². The van der Waals surface area contributed by atoms with E-state index in [4.69, 9.17) is 4.52 Å². The quantitative estimate of drug-likeness (QED) is 0.879. The van der Waals surface area contributed by atoms with Gasteiger partial charge in [0.25, 0.3) is 5.91 Å². The Labute approximate surface area is 141 Å². The third-order valence-electron chi connectivity index (χ3n) is 4.64. The number of amides is 1. The first-order valence-electron chi connectivity index (χ1n) is 8.82. The number of aromatic nitrogens is 4. The van der Waals surface area contributed by atoms with E-state index in [1.807, 2.05) is 11.6 Å². The molecule has 0 bridgehead atoms. The first-order valence-corrected chi connectivity index (χ1v) is 8.82. The van der Waals surface area contributed by atoms with Crippen molar-refractivity contribution in [2.45, 2.75) is 71.4 Å². The van der Waals surface area contributed by atoms with Crippen molar-refractivity contribution >= 4 is 5.91 Å². The molecule has 0 aromatic carbocycles. The van der Waals surface area contributed by atoms with E-state index < -0.39 is 0 Å². The monoisotopic (exact) mass is 331 g/mol. The Balaban J connectivity index is 1.57. The zero-order valence-corrected chi connectivity index (χ0v) is 14.4. The third-order valence-corrected chi connectivity index (χ3v) is 4.64. The Morgan fingerprint density at radius 1 is 1.38 bits per heavy atom. The van der Waals surface area contributed by atoms with Gasteiger partial charge in [0.1, 0.15) is 0 Å². The van der Waals surface area contributed by atoms with E-state index in [2.05, 4.69) is 27.5 Å². The smallest absolute Gasteiger partial charge is 0.255 e. The molecular weight excluding hydrogens is 306 g/mol. The number of rotatable bonds is 6. The van der Waals surface area contributed by atoms with E-state index in [0.29, 0.717) is 17.4 Å². The first kappa shape index (κ1) is 16.7. The average molecular weight is 331 g/mol. The van der Waals surface area contributed by atoms with Crippen molar-refractivity contribution in [3.63, 3.8) is 0 Å². The van der Waals surface area contributed by atoms with Crippen LogP contribution in [0.1, 0.15) is 79.1 Å². The normalized spacial score (nSPS) is 15.6. The second kappa shape index (κ2) is 7.59. The maximum Gasteiger partial charge on any atom is 0.255 e. The van der Waals surface area contributed by atoms with Crippen LogP contribution in [0.3, 0.4) is 0 Å². The average Bonchev–Trinajstić information content (AvgIpc) is 3.22. The van der Waals surface area contributed by atoms with Crippen LogP contribution in [0.25, 0.3) is 0 Å². The summed E-state index contributed by atoms with van der Waals surface area (Å²) in [4.78, 5) is 16.8. The molecule has 7 nitrogen and oxygen atoms in total. The lowest BCUT2D eigenvalue weighted by molar-refractivity contribution is 0.0945. The van der Waals surface area contributed by atoms with Gasteiger partial charge in [0, 0.05) is 18.2 Å². The number of carbonyl (C=O) groups excluding carboxylic acids is 1. The van der Waals surface area contributed by atoms with Crippen LogP contribution in [-0.4, -0.2) is 25.8 Å². The topological polar surface area (TPSA) is 85.8 Å². The van der Waals surface area contributed by atoms with Crippen molar-refractivity contribution in [2.75, 3.05) is 0 Å². The fraction of sp³-hybridized carbons (Fsp3) is 0.647. The van der Waals surface area contributed by atoms with Crippen molar-refractivity contribution in [2.24, 2.45) is 0 Å². The lowest BCUT2D eigenvalue weighted by Gasteiger charge is -2.17. The van der Waals surface area contributed by atoms with Crippen LogP contribution < -0.4 is 5.32 Å². The summed E-state index contributed by atoms with van der Waals surface area (Å²) in [5, 5.41) is 11.2. The van der Waals surface area contributed by atoms with Gasteiger partial charge in [0.15, 0.2) is 5.82 Å². The largest absolute Gasteiger partial charge is 0.343 e. The highest BCUT2D eigenvalue weighted by Crippen LogP contribution is 2.30. The van der Waals surface area contributed by atoms with Gasteiger partial charge in [0.05, 0.1) is 18.3 Å². The van der Waals surface area contributed by atoms with Gasteiger partial charge in [-0.15, -0.1) is 0 Å². The van der Waals surface area contributed by atoms with Gasteiger partial charge < -0.3 is 9.84 Å². The van der Waals surface area contributed by atoms with Crippen molar-refractivity contribution in [3.05, 3.63) is 29.2 Å². The molecule has 3 rings (SSSR count). The fourth-order valence-corrected chi connectivity index (χ4v) is 3.22. The lowest BCUT2D eigenvalue weighted by Crippen LogP contribution is -2.23. The van der Waals surface area contributed by atoms with Gasteiger partial charge in [-0.05, 0) is 26.2 Å². The van der Waals surface area contributed by atoms with E-state index in [1.54, 1.807) is 6.20 Å². The Bertz CT molecular complexity index is 685. The summed E-state index contributed by atoms with van der Waals surface area (Å²) in [6, 6.07) is 0. The van der Waals surface area contributed by atoms with E-state index in [1.165, 1.54) is 19.3 Å². The second-order valence-electron chi connectivity index (χ2n) is 6.43. The molecule has 1 aliphatic carbocycles. The number of nitrogens with one attached hydrogen (secondary N) is 1. The summed E-state index contributed by atoms with van der Waals surface area (Å²) < 4.78 is 7.13. The summed E-state index contributed by atoms with van der Waals surface area (Å²) >= 11 is 0. The molecule has 0 unspecified atom stereocenters. The number of hydrogen-bond acceptors (Lipinski definition) is 5. The Hall–Kier alpha value is -2.18. The van der Waals surface area contributed by atoms with Crippen LogP contribution in [0.15, 0.2) is 10.7 Å². The van der Waals surface area contributed by atoms with Crippen LogP contribution in [0, 0.1) is 6.92 Å². The molecule has 2 aromatic heterocycles. The summed E-state index contributed by atoms with van der Waals surface area (Å²) in [6.45, 7) is 5.05. The molecule has 0 saturated heterocycles. The van der Waals surface area contributed by atoms with Crippen molar-refractivity contribution < 1.29 is 9.32 Å². The molecule has 1 aliphatic rings. The predicted octanol–water partition coefficient (Wildman–Crippen LogP) is 2.96. The number of aryl methyl sites for hydroxylation is 1. The molecule has 0 atom stereocenters. The standard InChI is InChI=1S/C17H25N5O2/c1-3-9-22-12(2)14(10-19-22)17(23)18-11-15-20-16(21-24-15)13-7-5-4-6-8-13/h10,13H,3-9,11H2,1-2H3,(H,18,23). The highest BCUT2D eigenvalue weighted by molar-refractivity contribution is 5.94. The van der Waals surface area contributed by atoms with Gasteiger partial charge in [-0.25, -0.2) is 0 Å². The highest BCUT2D eigenvalue weighted by Gasteiger charge is 2.21. The summed E-state index contributed by atoms with van der Waals surface area (Å²) in [5.74, 6) is 1.49. The molecule has 1 saturated carbocycles. The van der Waals surface area contributed by atoms with Gasteiger partial charge in [-0.3, -0.25) is 9.48 Å². The molecule has 0 spiro atoms. The predicted molar refractivity (Wildman–Crippen MR) is 88.5 cm³/mol. The molecule has 2 aromatic rings. The summed E-state index contributed by atoms with van der Waals surface area (Å²) in [6.07, 6.45) is 8.60. The summed E-state index contributed by atoms with van der Waals surface area (Å²) in [5.41, 5.74) is 1.47. The van der Waals surface area contributed by atoms with Gasteiger partial charge >= 0.3 is 0 Å². The van der Waals surface area contributed by atoms with E-state index >= 15 is 0 Å². The van der Waals surface area contributed by atoms with Crippen molar-refractivity contribution in [1.82, 2.24) is 25.2 Å². The zero-order chi connectivity index (χ0) is 16.9. The molecule has 24 heavy (non-hydrogen) atoms. The maximum absolute atomic E-state index is 12.3. The third kappa shape index (κ3) is 3.66. The summed E-state index contributed by atoms with van der Waals surface area (Å²) in [7, 11) is 0. The lowest BCUT2D eigenvalue weighted by atomic mass is 9.89. The van der Waals surface area contributed by atoms with Gasteiger partial charge in [-0.1, -0.05) is 31.3 Å². The molecule has 7 heteroatoms. The molecule has 1 amide bonds. The molecule has 2 heterocycles. The van der Waals surface area contributed by atoms with E-state index in [9.17, 15) is 4.79 Å². The second-order valence-corrected chi connectivity index (χ2v) is 6.43. The zero-order valence-electron chi connectivity index (χ0n) is 14.4. The molecule has 1 N–H and O–H groups in total. The van der Waals surface area contributed by atoms with Crippen LogP contribution in [0.2, 0.25) is 0 Å². The molecule has 130 valence electrons. The first-order chi connectivity index (χ1) is 11.7. The van der Waals surface area contributed by atoms with E-state index in [-0.39, 0.29) is 12.5 Å². The Morgan fingerprint density at radius 2 is 2.17 bits per heavy atom. The Morgan fingerprint density at radius 3 is 2.92 bits per heavy atom. The van der Waals surface area contributed by atoms with Crippen LogP contribution >= 0.6 is 0 Å². The molecular formula is C17H25N5O2. The van der Waals surface area contributed by atoms with Crippen LogP contribution in [0.5, 0.6) is 0 Å². The van der Waals surface area contributed by atoms with Crippen molar-refractivity contribution in [1.29, 1.82) is 0 Å². The molecule has 0 aliphatic heterocycles.